The summed E-state index contributed by atoms with van der Waals surface area (Å²) in [6.07, 6.45) is 0. The standard InChI is InChI=1S/C18H14BrFN2O3S/c1-2-25-16(23)10-22-14-8-7-13(20)9-15(14)26-18(22)21-17(24)11-3-5-12(19)6-4-11/h3-9H,2,10H2,1H3. The van der Waals surface area contributed by atoms with Gasteiger partial charge in [0.2, 0.25) is 0 Å². The third kappa shape index (κ3) is 4.08. The number of nitrogens with zero attached hydrogens (tertiary/aromatic N) is 2. The number of carbonyl (C=O) groups excluding carboxylic acids is 2. The lowest BCUT2D eigenvalue weighted by atomic mass is 10.2. The van der Waals surface area contributed by atoms with Crippen LogP contribution in [0.4, 0.5) is 4.39 Å². The maximum atomic E-state index is 13.5. The number of aromatic nitrogens is 1. The van der Waals surface area contributed by atoms with E-state index in [2.05, 4.69) is 20.9 Å². The van der Waals surface area contributed by atoms with Gasteiger partial charge in [0.05, 0.1) is 16.8 Å². The summed E-state index contributed by atoms with van der Waals surface area (Å²) in [5.74, 6) is -1.29. The highest BCUT2D eigenvalue weighted by Gasteiger charge is 2.13. The molecule has 3 rings (SSSR count). The fraction of sp³-hybridized carbons (Fsp3) is 0.167. The molecule has 1 amide bonds. The van der Waals surface area contributed by atoms with Gasteiger partial charge in [0.1, 0.15) is 12.4 Å². The Morgan fingerprint density at radius 2 is 1.96 bits per heavy atom. The van der Waals surface area contributed by atoms with Gasteiger partial charge in [0, 0.05) is 10.0 Å². The van der Waals surface area contributed by atoms with Gasteiger partial charge in [-0.1, -0.05) is 27.3 Å². The summed E-state index contributed by atoms with van der Waals surface area (Å²) in [6, 6.07) is 11.0. The van der Waals surface area contributed by atoms with E-state index in [0.29, 0.717) is 20.6 Å². The number of fused-ring (bicyclic) bond motifs is 1. The van der Waals surface area contributed by atoms with Crippen molar-refractivity contribution in [3.63, 3.8) is 0 Å². The Bertz CT molecular complexity index is 1040. The molecule has 0 unspecified atom stereocenters. The van der Waals surface area contributed by atoms with Crippen LogP contribution in [0, 0.1) is 5.82 Å². The molecule has 0 radical (unpaired) electrons. The molecule has 2 aromatic carbocycles. The molecule has 8 heteroatoms. The van der Waals surface area contributed by atoms with Crippen LogP contribution >= 0.6 is 27.3 Å². The first-order chi connectivity index (χ1) is 12.5. The highest BCUT2D eigenvalue weighted by atomic mass is 79.9. The van der Waals surface area contributed by atoms with E-state index in [1.165, 1.54) is 12.1 Å². The Kier molecular flexibility index (Phi) is 5.63. The van der Waals surface area contributed by atoms with Gasteiger partial charge in [0.25, 0.3) is 5.91 Å². The zero-order chi connectivity index (χ0) is 18.7. The predicted molar refractivity (Wildman–Crippen MR) is 100 cm³/mol. The second kappa shape index (κ2) is 7.92. The molecular formula is C18H14BrFN2O3S. The van der Waals surface area contributed by atoms with Gasteiger partial charge in [-0.25, -0.2) is 4.39 Å². The molecule has 26 heavy (non-hydrogen) atoms. The third-order valence-electron chi connectivity index (χ3n) is 3.53. The Morgan fingerprint density at radius 3 is 2.65 bits per heavy atom. The fourth-order valence-electron chi connectivity index (χ4n) is 2.36. The zero-order valence-corrected chi connectivity index (χ0v) is 16.1. The number of amides is 1. The lowest BCUT2D eigenvalue weighted by Gasteiger charge is -2.05. The number of carbonyl (C=O) groups is 2. The van der Waals surface area contributed by atoms with E-state index in [4.69, 9.17) is 4.74 Å². The highest BCUT2D eigenvalue weighted by molar-refractivity contribution is 9.10. The predicted octanol–water partition coefficient (Wildman–Crippen LogP) is 3.91. The van der Waals surface area contributed by atoms with E-state index in [9.17, 15) is 14.0 Å². The molecule has 0 atom stereocenters. The number of halogens is 2. The number of esters is 1. The van der Waals surface area contributed by atoms with Gasteiger partial charge in [-0.3, -0.25) is 9.59 Å². The SMILES string of the molecule is CCOC(=O)Cn1c(=NC(=O)c2ccc(Br)cc2)sc2cc(F)ccc21. The summed E-state index contributed by atoms with van der Waals surface area (Å²) < 4.78 is 21.5. The maximum absolute atomic E-state index is 13.5. The molecule has 134 valence electrons. The number of ether oxygens (including phenoxy) is 1. The molecular weight excluding hydrogens is 423 g/mol. The van der Waals surface area contributed by atoms with Crippen molar-refractivity contribution in [2.45, 2.75) is 13.5 Å². The van der Waals surface area contributed by atoms with Crippen molar-refractivity contribution in [3.8, 4) is 0 Å². The third-order valence-corrected chi connectivity index (χ3v) is 5.10. The number of benzene rings is 2. The Hall–Kier alpha value is -2.32. The Labute approximate surface area is 160 Å². The fourth-order valence-corrected chi connectivity index (χ4v) is 3.68. The molecule has 0 aliphatic rings. The summed E-state index contributed by atoms with van der Waals surface area (Å²) in [7, 11) is 0. The summed E-state index contributed by atoms with van der Waals surface area (Å²) in [4.78, 5) is 28.8. The van der Waals surface area contributed by atoms with E-state index in [0.717, 1.165) is 15.8 Å². The molecule has 5 nitrogen and oxygen atoms in total. The molecule has 0 fully saturated rings. The molecule has 1 aromatic heterocycles. The minimum Gasteiger partial charge on any atom is -0.465 e. The van der Waals surface area contributed by atoms with Crippen LogP contribution in [0.3, 0.4) is 0 Å². The second-order valence-corrected chi connectivity index (χ2v) is 7.24. The van der Waals surface area contributed by atoms with Gasteiger partial charge in [0.15, 0.2) is 4.80 Å². The Morgan fingerprint density at radius 1 is 1.23 bits per heavy atom. The van der Waals surface area contributed by atoms with Crippen LogP contribution in [0.2, 0.25) is 0 Å². The van der Waals surface area contributed by atoms with Crippen molar-refractivity contribution in [3.05, 3.63) is 63.1 Å². The molecule has 0 bridgehead atoms. The zero-order valence-electron chi connectivity index (χ0n) is 13.7. The summed E-state index contributed by atoms with van der Waals surface area (Å²) in [6.45, 7) is 1.86. The van der Waals surface area contributed by atoms with Gasteiger partial charge >= 0.3 is 5.97 Å². The van der Waals surface area contributed by atoms with Crippen molar-refractivity contribution in [1.82, 2.24) is 4.57 Å². The van der Waals surface area contributed by atoms with Gasteiger partial charge in [-0.15, -0.1) is 0 Å². The minimum absolute atomic E-state index is 0.105. The van der Waals surface area contributed by atoms with Crippen LogP contribution in [0.15, 0.2) is 51.9 Å². The second-order valence-electron chi connectivity index (χ2n) is 5.31. The van der Waals surface area contributed by atoms with Crippen molar-refractivity contribution < 1.29 is 18.7 Å². The van der Waals surface area contributed by atoms with Crippen molar-refractivity contribution in [2.75, 3.05) is 6.61 Å². The van der Waals surface area contributed by atoms with E-state index in [1.54, 1.807) is 41.8 Å². The average Bonchev–Trinajstić information content (AvgIpc) is 2.92. The first-order valence-corrected chi connectivity index (χ1v) is 9.38. The van der Waals surface area contributed by atoms with Crippen molar-refractivity contribution in [1.29, 1.82) is 0 Å². The lowest BCUT2D eigenvalue weighted by Crippen LogP contribution is -2.23. The highest BCUT2D eigenvalue weighted by Crippen LogP contribution is 2.19. The monoisotopic (exact) mass is 436 g/mol. The van der Waals surface area contributed by atoms with E-state index in [-0.39, 0.29) is 13.2 Å². The smallest absolute Gasteiger partial charge is 0.326 e. The molecule has 0 spiro atoms. The molecule has 0 N–H and O–H groups in total. The summed E-state index contributed by atoms with van der Waals surface area (Å²) in [5, 5.41) is 0. The van der Waals surface area contributed by atoms with E-state index < -0.39 is 17.7 Å². The molecule has 3 aromatic rings. The maximum Gasteiger partial charge on any atom is 0.326 e. The van der Waals surface area contributed by atoms with Gasteiger partial charge in [-0.05, 0) is 49.4 Å². The summed E-state index contributed by atoms with van der Waals surface area (Å²) in [5.41, 5.74) is 1.03. The van der Waals surface area contributed by atoms with Crippen molar-refractivity contribution >= 4 is 49.4 Å². The number of rotatable bonds is 4. The average molecular weight is 437 g/mol. The first kappa shape index (κ1) is 18.5. The molecule has 0 aliphatic heterocycles. The lowest BCUT2D eigenvalue weighted by molar-refractivity contribution is -0.143. The largest absolute Gasteiger partial charge is 0.465 e. The van der Waals surface area contributed by atoms with Crippen LogP contribution in [-0.2, 0) is 16.1 Å². The van der Waals surface area contributed by atoms with Crippen LogP contribution in [-0.4, -0.2) is 23.1 Å². The van der Waals surface area contributed by atoms with Crippen molar-refractivity contribution in [2.24, 2.45) is 4.99 Å². The Balaban J connectivity index is 2.09. The van der Waals surface area contributed by atoms with Crippen LogP contribution in [0.25, 0.3) is 10.2 Å². The van der Waals surface area contributed by atoms with Crippen LogP contribution in [0.1, 0.15) is 17.3 Å². The normalized spacial score (nSPS) is 11.7. The molecule has 1 heterocycles. The van der Waals surface area contributed by atoms with E-state index in [1.807, 2.05) is 0 Å². The molecule has 0 saturated heterocycles. The number of thiazole rings is 1. The molecule has 0 saturated carbocycles. The van der Waals surface area contributed by atoms with E-state index >= 15 is 0 Å². The minimum atomic E-state index is -0.450. The van der Waals surface area contributed by atoms with Crippen LogP contribution < -0.4 is 4.80 Å². The van der Waals surface area contributed by atoms with Gasteiger partial charge in [-0.2, -0.15) is 4.99 Å². The number of hydrogen-bond donors (Lipinski definition) is 0. The quantitative estimate of drug-likeness (QED) is 0.582. The first-order valence-electron chi connectivity index (χ1n) is 7.77. The number of hydrogen-bond acceptors (Lipinski definition) is 4. The van der Waals surface area contributed by atoms with Gasteiger partial charge < -0.3 is 9.30 Å². The summed E-state index contributed by atoms with van der Waals surface area (Å²) >= 11 is 4.46. The topological polar surface area (TPSA) is 60.7 Å². The molecule has 0 aliphatic carbocycles. The van der Waals surface area contributed by atoms with Crippen LogP contribution in [0.5, 0.6) is 0 Å².